The maximum atomic E-state index is 12.5. The molecule has 0 atom stereocenters. The van der Waals surface area contributed by atoms with Crippen LogP contribution in [0, 0.1) is 11.3 Å². The lowest BCUT2D eigenvalue weighted by atomic mass is 10.0. The van der Waals surface area contributed by atoms with Gasteiger partial charge in [-0.3, -0.25) is 4.79 Å². The number of allylic oxidation sites excluding steroid dienone is 1. The number of hydrogen-bond donors (Lipinski definition) is 0. The Morgan fingerprint density at radius 1 is 1.22 bits per heavy atom. The molecule has 0 bridgehead atoms. The van der Waals surface area contributed by atoms with Gasteiger partial charge in [-0.2, -0.15) is 5.26 Å². The van der Waals surface area contributed by atoms with Crippen LogP contribution < -0.4 is 9.47 Å². The first-order chi connectivity index (χ1) is 11.2. The maximum absolute atomic E-state index is 12.5. The van der Waals surface area contributed by atoms with Gasteiger partial charge in [-0.05, 0) is 31.2 Å². The summed E-state index contributed by atoms with van der Waals surface area (Å²) >= 11 is 0. The minimum absolute atomic E-state index is 0.0467. The number of methoxy groups -OCH3 is 1. The summed E-state index contributed by atoms with van der Waals surface area (Å²) in [5.74, 6) is 0.863. The highest BCUT2D eigenvalue weighted by Crippen LogP contribution is 2.23. The third kappa shape index (κ3) is 3.98. The predicted octanol–water partition coefficient (Wildman–Crippen LogP) is 3.88. The zero-order chi connectivity index (χ0) is 16.7. The summed E-state index contributed by atoms with van der Waals surface area (Å²) in [5.41, 5.74) is 1.15. The Labute approximate surface area is 135 Å². The predicted molar refractivity (Wildman–Crippen MR) is 88.5 cm³/mol. The maximum Gasteiger partial charge on any atom is 0.203 e. The lowest BCUT2D eigenvalue weighted by Gasteiger charge is -2.07. The van der Waals surface area contributed by atoms with Gasteiger partial charge in [0.2, 0.25) is 5.78 Å². The van der Waals surface area contributed by atoms with Gasteiger partial charge in [0.15, 0.2) is 0 Å². The molecule has 0 radical (unpaired) electrons. The molecule has 2 rings (SSSR count). The molecule has 0 heterocycles. The molecule has 2 aromatic carbocycles. The molecule has 116 valence electrons. The number of ketones is 1. The van der Waals surface area contributed by atoms with Crippen molar-refractivity contribution in [2.75, 3.05) is 13.7 Å². The van der Waals surface area contributed by atoms with E-state index in [2.05, 4.69) is 0 Å². The number of nitrogens with zero attached hydrogens (tertiary/aromatic N) is 1. The zero-order valence-electron chi connectivity index (χ0n) is 13.1. The number of carbonyl (C=O) groups is 1. The number of rotatable bonds is 6. The molecule has 4 heteroatoms. The Kier molecular flexibility index (Phi) is 5.54. The van der Waals surface area contributed by atoms with Crippen LogP contribution >= 0.6 is 0 Å². The van der Waals surface area contributed by atoms with Crippen molar-refractivity contribution in [3.05, 3.63) is 65.2 Å². The second kappa shape index (κ2) is 7.81. The molecule has 0 aliphatic carbocycles. The molecule has 4 nitrogen and oxygen atoms in total. The van der Waals surface area contributed by atoms with E-state index in [4.69, 9.17) is 9.47 Å². The van der Waals surface area contributed by atoms with Crippen molar-refractivity contribution in [1.29, 1.82) is 5.26 Å². The number of carbonyl (C=O) groups excluding carboxylic acids is 1. The van der Waals surface area contributed by atoms with Gasteiger partial charge in [-0.15, -0.1) is 0 Å². The first-order valence-electron chi connectivity index (χ1n) is 7.22. The SMILES string of the molecule is CCOc1ccccc1/C=C(/C#N)C(=O)c1cccc(OC)c1. The van der Waals surface area contributed by atoms with Crippen molar-refractivity contribution in [2.24, 2.45) is 0 Å². The van der Waals surface area contributed by atoms with Gasteiger partial charge in [0.05, 0.1) is 13.7 Å². The largest absolute Gasteiger partial charge is 0.497 e. The molecule has 0 aliphatic rings. The van der Waals surface area contributed by atoms with Crippen molar-refractivity contribution in [3.63, 3.8) is 0 Å². The minimum atomic E-state index is -0.349. The Hall–Kier alpha value is -3.06. The van der Waals surface area contributed by atoms with Gasteiger partial charge in [-0.1, -0.05) is 30.3 Å². The highest BCUT2D eigenvalue weighted by Gasteiger charge is 2.14. The quantitative estimate of drug-likeness (QED) is 0.461. The van der Waals surface area contributed by atoms with Crippen LogP contribution in [0.4, 0.5) is 0 Å². The smallest absolute Gasteiger partial charge is 0.203 e. The molecule has 0 aliphatic heterocycles. The summed E-state index contributed by atoms with van der Waals surface area (Å²) in [4.78, 5) is 12.5. The number of hydrogen-bond acceptors (Lipinski definition) is 4. The summed E-state index contributed by atoms with van der Waals surface area (Å²) < 4.78 is 10.6. The number of benzene rings is 2. The van der Waals surface area contributed by atoms with Gasteiger partial charge >= 0.3 is 0 Å². The molecule has 0 fully saturated rings. The van der Waals surface area contributed by atoms with Gasteiger partial charge in [-0.25, -0.2) is 0 Å². The van der Waals surface area contributed by atoms with E-state index in [1.54, 1.807) is 42.5 Å². The molecule has 0 aromatic heterocycles. The Morgan fingerprint density at radius 2 is 2.00 bits per heavy atom. The van der Waals surface area contributed by atoms with Crippen LogP contribution in [0.1, 0.15) is 22.8 Å². The van der Waals surface area contributed by atoms with Gasteiger partial charge in [0.25, 0.3) is 0 Å². The van der Waals surface area contributed by atoms with E-state index >= 15 is 0 Å². The highest BCUT2D eigenvalue weighted by molar-refractivity contribution is 6.14. The topological polar surface area (TPSA) is 59.3 Å². The van der Waals surface area contributed by atoms with Crippen molar-refractivity contribution in [1.82, 2.24) is 0 Å². The number of nitriles is 1. The van der Waals surface area contributed by atoms with E-state index in [-0.39, 0.29) is 11.4 Å². The highest BCUT2D eigenvalue weighted by atomic mass is 16.5. The summed E-state index contributed by atoms with van der Waals surface area (Å²) in [6.07, 6.45) is 1.55. The van der Waals surface area contributed by atoms with Gasteiger partial charge in [0.1, 0.15) is 23.1 Å². The average molecular weight is 307 g/mol. The molecule has 0 N–H and O–H groups in total. The molecule has 2 aromatic rings. The monoisotopic (exact) mass is 307 g/mol. The van der Waals surface area contributed by atoms with Crippen LogP contribution in [0.3, 0.4) is 0 Å². The summed E-state index contributed by atoms with van der Waals surface area (Å²) in [6.45, 7) is 2.39. The minimum Gasteiger partial charge on any atom is -0.497 e. The second-order valence-electron chi connectivity index (χ2n) is 4.70. The average Bonchev–Trinajstić information content (AvgIpc) is 2.60. The van der Waals surface area contributed by atoms with Crippen LogP contribution in [-0.4, -0.2) is 19.5 Å². The molecule has 0 spiro atoms. The van der Waals surface area contributed by atoms with Crippen LogP contribution in [0.15, 0.2) is 54.1 Å². The second-order valence-corrected chi connectivity index (χ2v) is 4.70. The van der Waals surface area contributed by atoms with Crippen LogP contribution in [0.2, 0.25) is 0 Å². The zero-order valence-corrected chi connectivity index (χ0v) is 13.1. The first-order valence-corrected chi connectivity index (χ1v) is 7.22. The van der Waals surface area contributed by atoms with Gasteiger partial charge < -0.3 is 9.47 Å². The van der Waals surface area contributed by atoms with Crippen LogP contribution in [-0.2, 0) is 0 Å². The third-order valence-corrected chi connectivity index (χ3v) is 3.22. The van der Waals surface area contributed by atoms with E-state index in [0.29, 0.717) is 29.2 Å². The number of Topliss-reactive ketones (excluding diaryl/α,β-unsaturated/α-hetero) is 1. The van der Waals surface area contributed by atoms with Crippen molar-refractivity contribution >= 4 is 11.9 Å². The summed E-state index contributed by atoms with van der Waals surface area (Å²) in [7, 11) is 1.53. The summed E-state index contributed by atoms with van der Waals surface area (Å²) in [6, 6.07) is 16.0. The fourth-order valence-corrected chi connectivity index (χ4v) is 2.11. The van der Waals surface area contributed by atoms with E-state index in [9.17, 15) is 10.1 Å². The van der Waals surface area contributed by atoms with E-state index < -0.39 is 0 Å². The fraction of sp³-hybridized carbons (Fsp3) is 0.158. The molecule has 0 saturated heterocycles. The Bertz CT molecular complexity index is 772. The molecular weight excluding hydrogens is 290 g/mol. The summed E-state index contributed by atoms with van der Waals surface area (Å²) in [5, 5.41) is 9.36. The van der Waals surface area contributed by atoms with E-state index in [1.165, 1.54) is 7.11 Å². The Morgan fingerprint density at radius 3 is 2.70 bits per heavy atom. The van der Waals surface area contributed by atoms with E-state index in [1.807, 2.05) is 25.1 Å². The number of para-hydroxylation sites is 1. The first kappa shape index (κ1) is 16.3. The standard InChI is InChI=1S/C19H17NO3/c1-3-23-18-10-5-4-7-14(18)11-16(13-20)19(21)15-8-6-9-17(12-15)22-2/h4-12H,3H2,1-2H3/b16-11-. The van der Waals surface area contributed by atoms with Crippen LogP contribution in [0.25, 0.3) is 6.08 Å². The molecular formula is C19H17NO3. The third-order valence-electron chi connectivity index (χ3n) is 3.22. The molecule has 23 heavy (non-hydrogen) atoms. The molecule has 0 unspecified atom stereocenters. The lowest BCUT2D eigenvalue weighted by molar-refractivity contribution is 0.103. The fourth-order valence-electron chi connectivity index (χ4n) is 2.11. The van der Waals surface area contributed by atoms with Crippen molar-refractivity contribution in [3.8, 4) is 17.6 Å². The van der Waals surface area contributed by atoms with Crippen LogP contribution in [0.5, 0.6) is 11.5 Å². The lowest BCUT2D eigenvalue weighted by Crippen LogP contribution is -2.03. The van der Waals surface area contributed by atoms with Gasteiger partial charge in [0, 0.05) is 11.1 Å². The van der Waals surface area contributed by atoms with Crippen molar-refractivity contribution in [2.45, 2.75) is 6.92 Å². The molecule has 0 saturated carbocycles. The number of ether oxygens (including phenoxy) is 2. The van der Waals surface area contributed by atoms with E-state index in [0.717, 1.165) is 0 Å². The molecule has 0 amide bonds. The Balaban J connectivity index is 2.39. The normalized spacial score (nSPS) is 10.7. The van der Waals surface area contributed by atoms with Crippen molar-refractivity contribution < 1.29 is 14.3 Å².